The molecule has 4 bridgehead atoms. The Morgan fingerprint density at radius 3 is 1.32 bits per heavy atom. The number of amides is 2. The first-order chi connectivity index (χ1) is 19.3. The van der Waals surface area contributed by atoms with E-state index in [1.54, 1.807) is 0 Å². The van der Waals surface area contributed by atoms with Gasteiger partial charge >= 0.3 is 0 Å². The van der Waals surface area contributed by atoms with Gasteiger partial charge in [0.25, 0.3) is 0 Å². The van der Waals surface area contributed by atoms with Crippen molar-refractivity contribution in [3.8, 4) is 0 Å². The highest BCUT2D eigenvalue weighted by molar-refractivity contribution is 5.81. The van der Waals surface area contributed by atoms with Crippen molar-refractivity contribution < 1.29 is 9.59 Å². The third-order valence-corrected chi connectivity index (χ3v) is 13.3. The Morgan fingerprint density at radius 2 is 0.950 bits per heavy atom. The minimum Gasteiger partial charge on any atom is -0.354 e. The third kappa shape index (κ3) is 5.62. The van der Waals surface area contributed by atoms with Gasteiger partial charge in [-0.15, -0.1) is 0 Å². The largest absolute Gasteiger partial charge is 0.354 e. The molecule has 0 aromatic heterocycles. The van der Waals surface area contributed by atoms with Gasteiger partial charge in [-0.1, -0.05) is 39.5 Å². The van der Waals surface area contributed by atoms with Crippen LogP contribution in [-0.4, -0.2) is 73.0 Å². The van der Waals surface area contributed by atoms with Crippen molar-refractivity contribution in [3.63, 3.8) is 0 Å². The molecular formula is C34H58N4O2. The predicted octanol–water partition coefficient (Wildman–Crippen LogP) is 5.07. The number of carbonyl (C=O) groups is 2. The van der Waals surface area contributed by atoms with E-state index in [0.29, 0.717) is 60.9 Å². The van der Waals surface area contributed by atoms with E-state index in [4.69, 9.17) is 0 Å². The molecule has 2 aliphatic carbocycles. The molecule has 6 nitrogen and oxygen atoms in total. The molecule has 0 spiro atoms. The van der Waals surface area contributed by atoms with Crippen LogP contribution in [0.4, 0.5) is 0 Å². The van der Waals surface area contributed by atoms with Crippen LogP contribution in [0, 0.1) is 47.3 Å². The lowest BCUT2D eigenvalue weighted by atomic mass is 9.66. The standard InChI is InChI=1S/C34H58N4O2/c1-21-5-9-23(10-6-21)27-19-25-13-15-29(37(25)3)31(27)33(39)35-17-18-36-34(40)32-28(24-11-7-22(2)8-12-24)20-26-14-16-30(32)38(26)4/h21-32H,5-20H2,1-4H3,(H,35,39)(H,36,40)/t21?,22?,23?,24?,25-,26+,27-,28?,29?,30?,31+,32+/m1/s1. The summed E-state index contributed by atoms with van der Waals surface area (Å²) in [4.78, 5) is 32.6. The van der Waals surface area contributed by atoms with Crippen LogP contribution in [0.3, 0.4) is 0 Å². The van der Waals surface area contributed by atoms with Gasteiger partial charge in [0, 0.05) is 37.3 Å². The second-order valence-corrected chi connectivity index (χ2v) is 15.4. The second-order valence-electron chi connectivity index (χ2n) is 15.4. The van der Waals surface area contributed by atoms with Crippen molar-refractivity contribution in [2.75, 3.05) is 27.2 Å². The fourth-order valence-electron chi connectivity index (χ4n) is 10.8. The molecule has 6 fully saturated rings. The summed E-state index contributed by atoms with van der Waals surface area (Å²) in [7, 11) is 4.50. The van der Waals surface area contributed by atoms with Crippen molar-refractivity contribution in [2.45, 2.75) is 128 Å². The van der Waals surface area contributed by atoms with E-state index in [1.165, 1.54) is 77.0 Å². The summed E-state index contributed by atoms with van der Waals surface area (Å²) in [6, 6.07) is 2.12. The van der Waals surface area contributed by atoms with Gasteiger partial charge in [0.15, 0.2) is 0 Å². The van der Waals surface area contributed by atoms with Crippen molar-refractivity contribution >= 4 is 11.8 Å². The smallest absolute Gasteiger partial charge is 0.225 e. The minimum atomic E-state index is 0.110. The van der Waals surface area contributed by atoms with Gasteiger partial charge in [-0.3, -0.25) is 19.4 Å². The monoisotopic (exact) mass is 554 g/mol. The molecule has 0 radical (unpaired) electrons. The Labute approximate surface area is 244 Å². The Hall–Kier alpha value is -1.14. The maximum Gasteiger partial charge on any atom is 0.225 e. The molecule has 8 atom stereocenters. The van der Waals surface area contributed by atoms with Crippen LogP contribution >= 0.6 is 0 Å². The zero-order valence-corrected chi connectivity index (χ0v) is 26.0. The Morgan fingerprint density at radius 1 is 0.575 bits per heavy atom. The Kier molecular flexibility index (Phi) is 8.85. The first-order valence-corrected chi connectivity index (χ1v) is 17.3. The van der Waals surface area contributed by atoms with Crippen LogP contribution in [0.15, 0.2) is 0 Å². The average Bonchev–Trinajstić information content (AvgIpc) is 3.31. The lowest BCUT2D eigenvalue weighted by molar-refractivity contribution is -0.134. The van der Waals surface area contributed by atoms with Gasteiger partial charge in [-0.05, 0) is 114 Å². The number of carbonyl (C=O) groups excluding carboxylic acids is 2. The van der Waals surface area contributed by atoms with Crippen LogP contribution in [0.2, 0.25) is 0 Å². The minimum absolute atomic E-state index is 0.110. The number of hydrogen-bond donors (Lipinski definition) is 2. The molecule has 4 saturated heterocycles. The number of fused-ring (bicyclic) bond motifs is 4. The number of piperidine rings is 2. The molecule has 0 aromatic carbocycles. The lowest BCUT2D eigenvalue weighted by Crippen LogP contribution is -2.56. The molecule has 40 heavy (non-hydrogen) atoms. The third-order valence-electron chi connectivity index (χ3n) is 13.3. The van der Waals surface area contributed by atoms with Gasteiger partial charge < -0.3 is 10.6 Å². The van der Waals surface area contributed by atoms with Crippen molar-refractivity contribution in [1.82, 2.24) is 20.4 Å². The summed E-state index contributed by atoms with van der Waals surface area (Å²) in [5.41, 5.74) is 0. The van der Waals surface area contributed by atoms with E-state index >= 15 is 0 Å². The van der Waals surface area contributed by atoms with Gasteiger partial charge in [-0.25, -0.2) is 0 Å². The zero-order chi connectivity index (χ0) is 28.0. The van der Waals surface area contributed by atoms with Crippen molar-refractivity contribution in [1.29, 1.82) is 0 Å². The first-order valence-electron chi connectivity index (χ1n) is 17.3. The van der Waals surface area contributed by atoms with E-state index < -0.39 is 0 Å². The molecular weight excluding hydrogens is 496 g/mol. The fourth-order valence-corrected chi connectivity index (χ4v) is 10.8. The summed E-state index contributed by atoms with van der Waals surface area (Å²) < 4.78 is 0. The summed E-state index contributed by atoms with van der Waals surface area (Å²) >= 11 is 0. The van der Waals surface area contributed by atoms with Crippen LogP contribution < -0.4 is 10.6 Å². The highest BCUT2D eigenvalue weighted by Crippen LogP contribution is 2.49. The SMILES string of the molecule is CC1CCC(C2C[C@@H]3CCC([C@H]2C(=O)NCCNC(=O)[C@@H]2C4CC[C@H](C[C@@H]2C2CCC(C)CC2)N4C)N3C)CC1. The number of rotatable bonds is 7. The molecule has 2 amide bonds. The molecule has 6 aliphatic rings. The lowest BCUT2D eigenvalue weighted by Gasteiger charge is -2.46. The zero-order valence-electron chi connectivity index (χ0n) is 26.0. The van der Waals surface area contributed by atoms with E-state index in [0.717, 1.165) is 24.7 Å². The summed E-state index contributed by atoms with van der Waals surface area (Å²) in [5, 5.41) is 6.65. The second kappa shape index (κ2) is 12.2. The van der Waals surface area contributed by atoms with Crippen molar-refractivity contribution in [3.05, 3.63) is 0 Å². The molecule has 4 aliphatic heterocycles. The summed E-state index contributed by atoms with van der Waals surface area (Å²) in [5.74, 6) is 4.89. The van der Waals surface area contributed by atoms with Gasteiger partial charge in [0.1, 0.15) is 0 Å². The molecule has 3 unspecified atom stereocenters. The molecule has 4 heterocycles. The molecule has 2 N–H and O–H groups in total. The predicted molar refractivity (Wildman–Crippen MR) is 161 cm³/mol. The van der Waals surface area contributed by atoms with Crippen LogP contribution in [0.25, 0.3) is 0 Å². The Balaban J connectivity index is 1.05. The molecule has 6 heteroatoms. The maximum absolute atomic E-state index is 13.8. The van der Waals surface area contributed by atoms with Gasteiger partial charge in [-0.2, -0.15) is 0 Å². The Bertz CT molecular complexity index is 822. The number of hydrogen-bond acceptors (Lipinski definition) is 4. The van der Waals surface area contributed by atoms with Gasteiger partial charge in [0.2, 0.25) is 11.8 Å². The van der Waals surface area contributed by atoms with E-state index in [9.17, 15) is 9.59 Å². The van der Waals surface area contributed by atoms with E-state index in [2.05, 4.69) is 48.4 Å². The highest BCUT2D eigenvalue weighted by atomic mass is 16.2. The first kappa shape index (κ1) is 29.0. The molecule has 6 rings (SSSR count). The molecule has 0 aromatic rings. The average molecular weight is 555 g/mol. The van der Waals surface area contributed by atoms with Crippen LogP contribution in [0.1, 0.15) is 104 Å². The van der Waals surface area contributed by atoms with E-state index in [1.807, 2.05) is 0 Å². The molecule has 2 saturated carbocycles. The number of nitrogens with one attached hydrogen (secondary N) is 2. The maximum atomic E-state index is 13.8. The van der Waals surface area contributed by atoms with E-state index in [-0.39, 0.29) is 23.7 Å². The van der Waals surface area contributed by atoms with Crippen LogP contribution in [-0.2, 0) is 9.59 Å². The van der Waals surface area contributed by atoms with Crippen molar-refractivity contribution in [2.24, 2.45) is 47.3 Å². The van der Waals surface area contributed by atoms with Crippen LogP contribution in [0.5, 0.6) is 0 Å². The normalized spacial score (nSPS) is 45.8. The number of nitrogens with zero attached hydrogens (tertiary/aromatic N) is 2. The topological polar surface area (TPSA) is 64.7 Å². The molecule has 226 valence electrons. The summed E-state index contributed by atoms with van der Waals surface area (Å²) in [6.07, 6.45) is 17.7. The fraction of sp³-hybridized carbons (Fsp3) is 0.941. The highest BCUT2D eigenvalue weighted by Gasteiger charge is 2.52. The summed E-state index contributed by atoms with van der Waals surface area (Å²) in [6.45, 7) is 5.89. The van der Waals surface area contributed by atoms with Gasteiger partial charge in [0.05, 0.1) is 11.8 Å². The quantitative estimate of drug-likeness (QED) is 0.432.